The number of carboxylic acids is 1. The first kappa shape index (κ1) is 23.6. The lowest BCUT2D eigenvalue weighted by atomic mass is 9.91. The molecular formula is C21H26ClNO5. The number of carbonyl (C=O) groups excluding carboxylic acids is 1. The molecule has 0 fully saturated rings. The summed E-state index contributed by atoms with van der Waals surface area (Å²) in [6, 6.07) is 7.01. The van der Waals surface area contributed by atoms with Crippen molar-refractivity contribution in [2.45, 2.75) is 46.6 Å². The van der Waals surface area contributed by atoms with Crippen LogP contribution in [0.1, 0.15) is 48.1 Å². The summed E-state index contributed by atoms with van der Waals surface area (Å²) in [5, 5.41) is 18.4. The zero-order chi connectivity index (χ0) is 21.6. The number of carbonyl (C=O) groups is 2. The highest BCUT2D eigenvalue weighted by Crippen LogP contribution is 2.32. The van der Waals surface area contributed by atoms with Crippen molar-refractivity contribution in [2.75, 3.05) is 7.11 Å². The van der Waals surface area contributed by atoms with Crippen LogP contribution in [-0.2, 0) is 16.0 Å². The van der Waals surface area contributed by atoms with Gasteiger partial charge in [0.2, 0.25) is 0 Å². The highest BCUT2D eigenvalue weighted by Gasteiger charge is 2.21. The van der Waals surface area contributed by atoms with Crippen molar-refractivity contribution in [3.05, 3.63) is 51.8 Å². The molecule has 6 nitrogen and oxygen atoms in total. The molecule has 0 saturated carbocycles. The molecule has 0 unspecified atom stereocenters. The molecule has 0 spiro atoms. The van der Waals surface area contributed by atoms with Gasteiger partial charge >= 0.3 is 11.9 Å². The number of aromatic nitrogens is 1. The maximum atomic E-state index is 11.7. The largest absolute Gasteiger partial charge is 0.477 e. The van der Waals surface area contributed by atoms with E-state index in [-0.39, 0.29) is 12.1 Å². The molecule has 0 amide bonds. The van der Waals surface area contributed by atoms with E-state index in [0.717, 1.165) is 5.56 Å². The van der Waals surface area contributed by atoms with Gasteiger partial charge in [0.05, 0.1) is 19.1 Å². The molecule has 2 aromatic rings. The lowest BCUT2D eigenvalue weighted by Crippen LogP contribution is -2.13. The molecule has 0 saturated heterocycles. The van der Waals surface area contributed by atoms with Crippen LogP contribution >= 0.6 is 11.6 Å². The van der Waals surface area contributed by atoms with E-state index in [1.54, 1.807) is 58.9 Å². The number of esters is 1. The average molecular weight is 408 g/mol. The topological polar surface area (TPSA) is 96.7 Å². The maximum absolute atomic E-state index is 11.7. The second-order valence-electron chi connectivity index (χ2n) is 7.26. The van der Waals surface area contributed by atoms with Crippen LogP contribution in [0.3, 0.4) is 0 Å². The van der Waals surface area contributed by atoms with Gasteiger partial charge in [0.15, 0.2) is 5.69 Å². The third-order valence-corrected chi connectivity index (χ3v) is 3.88. The highest BCUT2D eigenvalue weighted by molar-refractivity contribution is 6.30. The first-order valence-corrected chi connectivity index (χ1v) is 9.01. The Balaban J connectivity index is 0.000000696. The molecule has 2 N–H and O–H groups in total. The molecule has 0 radical (unpaired) electrons. The minimum Gasteiger partial charge on any atom is -0.477 e. The van der Waals surface area contributed by atoms with Gasteiger partial charge in [-0.1, -0.05) is 23.7 Å². The number of hydrogen-bond donors (Lipinski definition) is 2. The van der Waals surface area contributed by atoms with E-state index in [9.17, 15) is 14.7 Å². The number of nitrogens with zero attached hydrogens (tertiary/aromatic N) is 1. The smallest absolute Gasteiger partial charge is 0.354 e. The van der Waals surface area contributed by atoms with E-state index < -0.39 is 17.5 Å². The Kier molecular flexibility index (Phi) is 8.14. The first-order chi connectivity index (χ1) is 12.8. The summed E-state index contributed by atoms with van der Waals surface area (Å²) in [4.78, 5) is 27.3. The van der Waals surface area contributed by atoms with Crippen molar-refractivity contribution in [3.63, 3.8) is 0 Å². The second kappa shape index (κ2) is 9.66. The molecule has 0 aliphatic rings. The Morgan fingerprint density at radius 2 is 1.64 bits per heavy atom. The fourth-order valence-corrected chi connectivity index (χ4v) is 2.62. The van der Waals surface area contributed by atoms with Crippen LogP contribution in [0, 0.1) is 13.8 Å². The van der Waals surface area contributed by atoms with Gasteiger partial charge in [-0.25, -0.2) is 9.78 Å². The van der Waals surface area contributed by atoms with Crippen molar-refractivity contribution in [1.82, 2.24) is 4.98 Å². The quantitative estimate of drug-likeness (QED) is 0.737. The predicted octanol–water partition coefficient (Wildman–Crippen LogP) is 4.21. The van der Waals surface area contributed by atoms with Crippen molar-refractivity contribution in [3.8, 4) is 11.1 Å². The number of methoxy groups -OCH3 is 1. The Hall–Kier alpha value is -2.44. The van der Waals surface area contributed by atoms with Gasteiger partial charge in [0, 0.05) is 10.7 Å². The van der Waals surface area contributed by atoms with Gasteiger partial charge < -0.3 is 14.9 Å². The van der Waals surface area contributed by atoms with Gasteiger partial charge in [0.25, 0.3) is 0 Å². The van der Waals surface area contributed by atoms with E-state index in [2.05, 4.69) is 4.98 Å². The summed E-state index contributed by atoms with van der Waals surface area (Å²) in [5.74, 6) is -1.52. The van der Waals surface area contributed by atoms with Crippen LogP contribution in [0.25, 0.3) is 11.1 Å². The summed E-state index contributed by atoms with van der Waals surface area (Å²) >= 11 is 5.92. The van der Waals surface area contributed by atoms with Gasteiger partial charge in [-0.2, -0.15) is 0 Å². The Morgan fingerprint density at radius 1 is 1.14 bits per heavy atom. The highest BCUT2D eigenvalue weighted by atomic mass is 35.5. The molecule has 1 aromatic carbocycles. The third kappa shape index (κ3) is 6.94. The van der Waals surface area contributed by atoms with Crippen LogP contribution in [0.15, 0.2) is 24.3 Å². The summed E-state index contributed by atoms with van der Waals surface area (Å²) in [6.07, 6.45) is 0.0219. The average Bonchev–Trinajstić information content (AvgIpc) is 2.57. The van der Waals surface area contributed by atoms with E-state index in [1.165, 1.54) is 7.11 Å². The number of hydrogen-bond acceptors (Lipinski definition) is 5. The number of aromatic carboxylic acids is 1. The van der Waals surface area contributed by atoms with Crippen molar-refractivity contribution < 1.29 is 24.5 Å². The van der Waals surface area contributed by atoms with Gasteiger partial charge in [-0.3, -0.25) is 4.79 Å². The van der Waals surface area contributed by atoms with Crippen LogP contribution in [0.5, 0.6) is 0 Å². The van der Waals surface area contributed by atoms with Crippen LogP contribution < -0.4 is 0 Å². The normalized spacial score (nSPS) is 10.7. The molecule has 1 heterocycles. The molecule has 7 heteroatoms. The number of aryl methyl sites for hydroxylation is 1. The van der Waals surface area contributed by atoms with Crippen LogP contribution in [0.2, 0.25) is 5.02 Å². The van der Waals surface area contributed by atoms with E-state index >= 15 is 0 Å². The SMILES string of the molecule is CC(C)(C)O.COC(=O)Cc1c(C)nc(C(=O)O)c(C)c1-c1ccc(Cl)cc1. The molecule has 2 rings (SSSR count). The minimum absolute atomic E-state index is 0.0219. The molecule has 0 bridgehead atoms. The number of halogens is 1. The molecule has 28 heavy (non-hydrogen) atoms. The predicted molar refractivity (Wildman–Crippen MR) is 109 cm³/mol. The van der Waals surface area contributed by atoms with Crippen molar-refractivity contribution in [1.29, 1.82) is 0 Å². The number of aliphatic hydroxyl groups is 1. The molecule has 1 aromatic heterocycles. The third-order valence-electron chi connectivity index (χ3n) is 3.63. The minimum atomic E-state index is -1.11. The number of rotatable bonds is 4. The van der Waals surface area contributed by atoms with Crippen molar-refractivity contribution in [2.24, 2.45) is 0 Å². The zero-order valence-electron chi connectivity index (χ0n) is 17.0. The fourth-order valence-electron chi connectivity index (χ4n) is 2.49. The first-order valence-electron chi connectivity index (χ1n) is 8.63. The Bertz CT molecular complexity index is 849. The summed E-state index contributed by atoms with van der Waals surface area (Å²) < 4.78 is 4.73. The molecule has 0 aliphatic carbocycles. The van der Waals surface area contributed by atoms with E-state index in [1.807, 2.05) is 0 Å². The van der Waals surface area contributed by atoms with E-state index in [4.69, 9.17) is 21.4 Å². The monoisotopic (exact) mass is 407 g/mol. The number of ether oxygens (including phenoxy) is 1. The van der Waals surface area contributed by atoms with Gasteiger partial charge in [-0.05, 0) is 69.0 Å². The molecule has 152 valence electrons. The van der Waals surface area contributed by atoms with Crippen LogP contribution in [0.4, 0.5) is 0 Å². The van der Waals surface area contributed by atoms with Crippen LogP contribution in [-0.4, -0.2) is 39.8 Å². The van der Waals surface area contributed by atoms with Crippen molar-refractivity contribution >= 4 is 23.5 Å². The van der Waals surface area contributed by atoms with Gasteiger partial charge in [0.1, 0.15) is 0 Å². The Labute approximate surface area is 170 Å². The number of carboxylic acid groups (broad SMARTS) is 1. The van der Waals surface area contributed by atoms with Gasteiger partial charge in [-0.15, -0.1) is 0 Å². The summed E-state index contributed by atoms with van der Waals surface area (Å²) in [6.45, 7) is 8.59. The summed E-state index contributed by atoms with van der Waals surface area (Å²) in [7, 11) is 1.31. The Morgan fingerprint density at radius 3 is 2.07 bits per heavy atom. The molecular weight excluding hydrogens is 382 g/mol. The maximum Gasteiger partial charge on any atom is 0.354 e. The lowest BCUT2D eigenvalue weighted by Gasteiger charge is -2.17. The zero-order valence-corrected chi connectivity index (χ0v) is 17.7. The molecule has 0 aliphatic heterocycles. The van der Waals surface area contributed by atoms with E-state index in [0.29, 0.717) is 27.4 Å². The fraction of sp³-hybridized carbons (Fsp3) is 0.381. The summed E-state index contributed by atoms with van der Waals surface area (Å²) in [5.41, 5.74) is 2.58. The lowest BCUT2D eigenvalue weighted by molar-refractivity contribution is -0.139. The number of pyridine rings is 1. The second-order valence-corrected chi connectivity index (χ2v) is 7.70. The standard InChI is InChI=1S/C17H16ClNO4.C4H10O/c1-9-15(11-4-6-12(18)7-5-11)13(8-14(20)23-3)10(2)19-16(9)17(21)22;1-4(2,3)5/h4-7H,8H2,1-3H3,(H,21,22);5H,1-3H3. The molecule has 0 atom stereocenters. The number of benzene rings is 1.